The number of benzene rings is 1. The number of nitrogens with one attached hydrogen (secondary N) is 1. The van der Waals surface area contributed by atoms with E-state index >= 15 is 0 Å². The number of ketones is 2. The lowest BCUT2D eigenvalue weighted by Gasteiger charge is -2.08. The SMILES string of the molecule is CC(=O)c1ccccc1NC(=O)C(=O)c1c(C)nn(C)c1C. The molecule has 2 rings (SSSR count). The van der Waals surface area contributed by atoms with Crippen LogP contribution < -0.4 is 5.32 Å². The first-order chi connectivity index (χ1) is 10.3. The van der Waals surface area contributed by atoms with Crippen LogP contribution in [0.15, 0.2) is 24.3 Å². The zero-order valence-corrected chi connectivity index (χ0v) is 12.9. The lowest BCUT2D eigenvalue weighted by Crippen LogP contribution is -2.24. The van der Waals surface area contributed by atoms with Crippen molar-refractivity contribution in [2.45, 2.75) is 20.8 Å². The van der Waals surface area contributed by atoms with E-state index < -0.39 is 11.7 Å². The predicted molar refractivity (Wildman–Crippen MR) is 82.1 cm³/mol. The van der Waals surface area contributed by atoms with Gasteiger partial charge in [-0.15, -0.1) is 0 Å². The molecule has 0 radical (unpaired) electrons. The normalized spacial score (nSPS) is 10.4. The summed E-state index contributed by atoms with van der Waals surface area (Å²) in [5.74, 6) is -1.63. The van der Waals surface area contributed by atoms with E-state index in [2.05, 4.69) is 10.4 Å². The predicted octanol–water partition coefficient (Wildman–Crippen LogP) is 2.06. The van der Waals surface area contributed by atoms with Crippen molar-refractivity contribution < 1.29 is 14.4 Å². The molecule has 0 spiro atoms. The maximum Gasteiger partial charge on any atom is 0.296 e. The molecule has 0 aliphatic heterocycles. The fraction of sp³-hybridized carbons (Fsp3) is 0.250. The quantitative estimate of drug-likeness (QED) is 0.692. The van der Waals surface area contributed by atoms with Crippen molar-refractivity contribution in [2.24, 2.45) is 7.05 Å². The Balaban J connectivity index is 2.30. The highest BCUT2D eigenvalue weighted by molar-refractivity contribution is 6.47. The van der Waals surface area contributed by atoms with Gasteiger partial charge in [-0.2, -0.15) is 5.10 Å². The first kappa shape index (κ1) is 15.6. The van der Waals surface area contributed by atoms with Crippen molar-refractivity contribution in [3.8, 4) is 0 Å². The Bertz CT molecular complexity index is 775. The van der Waals surface area contributed by atoms with Crippen LogP contribution in [0.1, 0.15) is 39.0 Å². The zero-order chi connectivity index (χ0) is 16.4. The van der Waals surface area contributed by atoms with Crippen molar-refractivity contribution in [3.63, 3.8) is 0 Å². The number of nitrogens with zero attached hydrogens (tertiary/aromatic N) is 2. The molecule has 22 heavy (non-hydrogen) atoms. The van der Waals surface area contributed by atoms with E-state index in [4.69, 9.17) is 0 Å². The summed E-state index contributed by atoms with van der Waals surface area (Å²) in [5, 5.41) is 6.64. The number of Topliss-reactive ketones (excluding diaryl/α,β-unsaturated/α-hetero) is 2. The molecule has 0 saturated heterocycles. The van der Waals surface area contributed by atoms with Gasteiger partial charge < -0.3 is 5.32 Å². The highest BCUT2D eigenvalue weighted by Gasteiger charge is 2.24. The Labute approximate surface area is 128 Å². The summed E-state index contributed by atoms with van der Waals surface area (Å²) in [6.07, 6.45) is 0. The van der Waals surface area contributed by atoms with E-state index in [0.29, 0.717) is 28.2 Å². The van der Waals surface area contributed by atoms with Crippen LogP contribution in [0.25, 0.3) is 0 Å². The van der Waals surface area contributed by atoms with Crippen LogP contribution >= 0.6 is 0 Å². The third kappa shape index (κ3) is 2.81. The molecular weight excluding hydrogens is 282 g/mol. The van der Waals surface area contributed by atoms with E-state index in [1.54, 1.807) is 49.8 Å². The molecule has 6 heteroatoms. The molecule has 0 bridgehead atoms. The highest BCUT2D eigenvalue weighted by Crippen LogP contribution is 2.18. The summed E-state index contributed by atoms with van der Waals surface area (Å²) in [6.45, 7) is 4.81. The van der Waals surface area contributed by atoms with Gasteiger partial charge in [0.2, 0.25) is 0 Å². The van der Waals surface area contributed by atoms with Crippen LogP contribution in [0.3, 0.4) is 0 Å². The Kier molecular flexibility index (Phi) is 4.21. The fourth-order valence-corrected chi connectivity index (χ4v) is 2.29. The molecule has 0 fully saturated rings. The fourth-order valence-electron chi connectivity index (χ4n) is 2.29. The van der Waals surface area contributed by atoms with E-state index in [-0.39, 0.29) is 5.78 Å². The summed E-state index contributed by atoms with van der Waals surface area (Å²) in [6, 6.07) is 6.57. The molecule has 0 unspecified atom stereocenters. The average molecular weight is 299 g/mol. The summed E-state index contributed by atoms with van der Waals surface area (Å²) in [4.78, 5) is 36.1. The number of hydrogen-bond acceptors (Lipinski definition) is 4. The van der Waals surface area contributed by atoms with E-state index in [1.165, 1.54) is 6.92 Å². The molecule has 2 aromatic rings. The smallest absolute Gasteiger partial charge is 0.296 e. The van der Waals surface area contributed by atoms with Gasteiger partial charge in [-0.1, -0.05) is 12.1 Å². The summed E-state index contributed by atoms with van der Waals surface area (Å²) >= 11 is 0. The lowest BCUT2D eigenvalue weighted by molar-refractivity contribution is -0.112. The molecule has 0 saturated carbocycles. The molecule has 1 heterocycles. The van der Waals surface area contributed by atoms with Crippen LogP contribution in [0.2, 0.25) is 0 Å². The molecule has 0 aliphatic carbocycles. The van der Waals surface area contributed by atoms with Gasteiger partial charge in [0.25, 0.3) is 11.7 Å². The van der Waals surface area contributed by atoms with E-state index in [0.717, 1.165) is 0 Å². The molecule has 114 valence electrons. The van der Waals surface area contributed by atoms with Crippen LogP contribution in [-0.2, 0) is 11.8 Å². The monoisotopic (exact) mass is 299 g/mol. The molecule has 0 atom stereocenters. The second-order valence-corrected chi connectivity index (χ2v) is 5.05. The molecule has 1 aromatic heterocycles. The number of aryl methyl sites for hydroxylation is 2. The number of para-hydroxylation sites is 1. The molecule has 0 aliphatic rings. The number of carbonyl (C=O) groups is 3. The summed E-state index contributed by atoms with van der Waals surface area (Å²) in [5.41, 5.74) is 2.11. The minimum Gasteiger partial charge on any atom is -0.318 e. The Morgan fingerprint density at radius 1 is 1.14 bits per heavy atom. The lowest BCUT2D eigenvalue weighted by atomic mass is 10.1. The van der Waals surface area contributed by atoms with Gasteiger partial charge in [-0.25, -0.2) is 0 Å². The Hall–Kier alpha value is -2.76. The van der Waals surface area contributed by atoms with Gasteiger partial charge in [0.15, 0.2) is 5.78 Å². The van der Waals surface area contributed by atoms with Crippen molar-refractivity contribution >= 4 is 23.2 Å². The van der Waals surface area contributed by atoms with Crippen molar-refractivity contribution in [3.05, 3.63) is 46.8 Å². The molecule has 1 aromatic carbocycles. The number of rotatable bonds is 4. The molecule has 1 amide bonds. The molecular formula is C16H17N3O3. The van der Waals surface area contributed by atoms with Gasteiger partial charge in [-0.05, 0) is 32.9 Å². The van der Waals surface area contributed by atoms with Crippen LogP contribution in [0, 0.1) is 13.8 Å². The number of hydrogen-bond donors (Lipinski definition) is 1. The highest BCUT2D eigenvalue weighted by atomic mass is 16.2. The summed E-state index contributed by atoms with van der Waals surface area (Å²) in [7, 11) is 1.71. The summed E-state index contributed by atoms with van der Waals surface area (Å²) < 4.78 is 1.55. The standard InChI is InChI=1S/C16H17N3O3/c1-9-14(10(2)19(4)18-9)15(21)16(22)17-13-8-6-5-7-12(13)11(3)20/h5-8H,1-4H3,(H,17,22). The first-order valence-electron chi connectivity index (χ1n) is 6.78. The largest absolute Gasteiger partial charge is 0.318 e. The number of amides is 1. The zero-order valence-electron chi connectivity index (χ0n) is 12.9. The van der Waals surface area contributed by atoms with Crippen LogP contribution in [0.5, 0.6) is 0 Å². The minimum atomic E-state index is -0.784. The second-order valence-electron chi connectivity index (χ2n) is 5.05. The Morgan fingerprint density at radius 3 is 2.32 bits per heavy atom. The number of carbonyl (C=O) groups excluding carboxylic acids is 3. The topological polar surface area (TPSA) is 81.1 Å². The van der Waals surface area contributed by atoms with Gasteiger partial charge in [-0.3, -0.25) is 19.1 Å². The third-order valence-corrected chi connectivity index (χ3v) is 3.50. The molecule has 6 nitrogen and oxygen atoms in total. The molecule has 1 N–H and O–H groups in total. The first-order valence-corrected chi connectivity index (χ1v) is 6.78. The third-order valence-electron chi connectivity index (χ3n) is 3.50. The van der Waals surface area contributed by atoms with E-state index in [1.807, 2.05) is 0 Å². The number of aromatic nitrogens is 2. The van der Waals surface area contributed by atoms with Crippen LogP contribution in [-0.4, -0.2) is 27.3 Å². The minimum absolute atomic E-state index is 0.183. The maximum atomic E-state index is 12.3. The van der Waals surface area contributed by atoms with E-state index in [9.17, 15) is 14.4 Å². The van der Waals surface area contributed by atoms with Gasteiger partial charge in [0.1, 0.15) is 0 Å². The van der Waals surface area contributed by atoms with Crippen molar-refractivity contribution in [1.82, 2.24) is 9.78 Å². The second kappa shape index (κ2) is 5.93. The van der Waals surface area contributed by atoms with Crippen LogP contribution in [0.4, 0.5) is 5.69 Å². The average Bonchev–Trinajstić information content (AvgIpc) is 2.71. The van der Waals surface area contributed by atoms with Crippen molar-refractivity contribution in [2.75, 3.05) is 5.32 Å². The van der Waals surface area contributed by atoms with Crippen molar-refractivity contribution in [1.29, 1.82) is 0 Å². The van der Waals surface area contributed by atoms with Gasteiger partial charge in [0, 0.05) is 18.3 Å². The van der Waals surface area contributed by atoms with Gasteiger partial charge in [0.05, 0.1) is 16.9 Å². The Morgan fingerprint density at radius 2 is 1.77 bits per heavy atom. The van der Waals surface area contributed by atoms with Gasteiger partial charge >= 0.3 is 0 Å². The number of anilines is 1. The maximum absolute atomic E-state index is 12.3.